The second-order valence-electron chi connectivity index (χ2n) is 17.1. The van der Waals surface area contributed by atoms with Crippen LogP contribution in [0.5, 0.6) is 0 Å². The number of hydrogen-bond donors (Lipinski definition) is 0. The Morgan fingerprint density at radius 1 is 0.826 bits per heavy atom. The molecule has 8 nitrogen and oxygen atoms in total. The number of nitrogens with zero attached hydrogens (tertiary/aromatic N) is 5. The van der Waals surface area contributed by atoms with Gasteiger partial charge in [0.1, 0.15) is 34.9 Å². The maximum absolute atomic E-state index is 6.46. The molecule has 69 heavy (non-hydrogen) atoms. The van der Waals surface area contributed by atoms with Gasteiger partial charge in [0.2, 0.25) is 0 Å². The van der Waals surface area contributed by atoms with Gasteiger partial charge >= 0.3 is 6.01 Å². The third kappa shape index (κ3) is 8.44. The van der Waals surface area contributed by atoms with Crippen LogP contribution in [0.1, 0.15) is 84.2 Å². The van der Waals surface area contributed by atoms with Gasteiger partial charge in [-0.2, -0.15) is 4.98 Å². The first-order valence-corrected chi connectivity index (χ1v) is 23.9. The van der Waals surface area contributed by atoms with Crippen molar-refractivity contribution >= 4 is 92.4 Å². The Bertz CT molecular complexity index is 3550. The van der Waals surface area contributed by atoms with E-state index in [1.807, 2.05) is 56.3 Å². The van der Waals surface area contributed by atoms with Crippen molar-refractivity contribution < 1.29 is 13.3 Å². The number of rotatable bonds is 10. The van der Waals surface area contributed by atoms with Gasteiger partial charge in [0.25, 0.3) is 0 Å². The molecule has 3 aliphatic rings. The number of allylic oxidation sites excluding steroid dienone is 12. The Hall–Kier alpha value is -8.23. The molecule has 0 bridgehead atoms. The molecule has 0 saturated carbocycles. The Morgan fingerprint density at radius 2 is 1.64 bits per heavy atom. The van der Waals surface area contributed by atoms with Crippen molar-refractivity contribution in [1.82, 2.24) is 9.55 Å². The van der Waals surface area contributed by atoms with Gasteiger partial charge in [-0.3, -0.25) is 14.9 Å². The lowest BCUT2D eigenvalue weighted by Crippen LogP contribution is -2.19. The fourth-order valence-corrected chi connectivity index (χ4v) is 9.76. The molecule has 1 atom stereocenters. The Morgan fingerprint density at radius 3 is 2.48 bits per heavy atom. The molecule has 342 valence electrons. The number of benzene rings is 4. The second-order valence-corrected chi connectivity index (χ2v) is 17.1. The fourth-order valence-electron chi connectivity index (χ4n) is 9.76. The summed E-state index contributed by atoms with van der Waals surface area (Å²) in [6.07, 6.45) is 35.7. The molecule has 0 fully saturated rings. The van der Waals surface area contributed by atoms with Crippen LogP contribution in [0.15, 0.2) is 181 Å². The number of aromatic nitrogens is 2. The van der Waals surface area contributed by atoms with Crippen LogP contribution < -0.4 is 4.90 Å². The van der Waals surface area contributed by atoms with E-state index in [2.05, 4.69) is 169 Å². The third-order valence-corrected chi connectivity index (χ3v) is 12.9. The Labute approximate surface area is 403 Å². The minimum atomic E-state index is 0.00849. The van der Waals surface area contributed by atoms with Gasteiger partial charge in [0.15, 0.2) is 5.58 Å². The summed E-state index contributed by atoms with van der Waals surface area (Å²) in [4.78, 5) is 17.4. The van der Waals surface area contributed by atoms with Crippen LogP contribution in [0.3, 0.4) is 0 Å². The van der Waals surface area contributed by atoms with Crippen LogP contribution in [0, 0.1) is 0 Å². The van der Waals surface area contributed by atoms with Crippen molar-refractivity contribution in [2.45, 2.75) is 59.5 Å². The van der Waals surface area contributed by atoms with Gasteiger partial charge in [0, 0.05) is 75.0 Å². The van der Waals surface area contributed by atoms with Crippen LogP contribution in [0.4, 0.5) is 11.7 Å². The summed E-state index contributed by atoms with van der Waals surface area (Å²) >= 11 is 0. The highest BCUT2D eigenvalue weighted by Crippen LogP contribution is 2.43. The number of para-hydroxylation sites is 2. The smallest absolute Gasteiger partial charge is 0.303 e. The summed E-state index contributed by atoms with van der Waals surface area (Å²) in [5.41, 5.74) is 14.4. The van der Waals surface area contributed by atoms with Gasteiger partial charge in [-0.05, 0) is 92.4 Å². The SMILES string of the molecule is C=Cc1c(/C=C\C)c2ccc3c(c2n1C/N=C(\C=C(\Cc1ccc2oc4c(c2c1)C=CC=CC4)N=C)c1ccc2oc4c(c2c1)CC=CC=C4)C(C)/C=C\C=C/CN3c1nc2ccccc2o1.CC. The van der Waals surface area contributed by atoms with E-state index >= 15 is 0 Å². The Kier molecular flexibility index (Phi) is 12.6. The maximum Gasteiger partial charge on any atom is 0.303 e. The maximum atomic E-state index is 6.46. The van der Waals surface area contributed by atoms with E-state index in [1.54, 1.807) is 0 Å². The number of hydrogen-bond acceptors (Lipinski definition) is 7. The first-order valence-electron chi connectivity index (χ1n) is 23.9. The molecule has 4 aromatic carbocycles. The molecule has 1 aliphatic heterocycles. The Balaban J connectivity index is 0.00000273. The normalized spacial score (nSPS) is 16.7. The van der Waals surface area contributed by atoms with E-state index in [0.717, 1.165) is 124 Å². The van der Waals surface area contributed by atoms with Gasteiger partial charge in [-0.1, -0.05) is 131 Å². The first-order chi connectivity index (χ1) is 34.0. The van der Waals surface area contributed by atoms with Crippen molar-refractivity contribution in [1.29, 1.82) is 0 Å². The molecule has 0 saturated heterocycles. The minimum Gasteiger partial charge on any atom is -0.460 e. The summed E-state index contributed by atoms with van der Waals surface area (Å²) < 4.78 is 21.4. The quantitative estimate of drug-likeness (QED) is 0.128. The number of fused-ring (bicyclic) bond motifs is 10. The van der Waals surface area contributed by atoms with E-state index < -0.39 is 0 Å². The van der Waals surface area contributed by atoms with Crippen LogP contribution in [0.25, 0.3) is 68.2 Å². The van der Waals surface area contributed by atoms with E-state index in [1.165, 1.54) is 0 Å². The fraction of sp³-hybridized carbons (Fsp3) is 0.164. The zero-order valence-electron chi connectivity index (χ0n) is 39.7. The summed E-state index contributed by atoms with van der Waals surface area (Å²) in [6, 6.07) is 25.6. The molecule has 0 spiro atoms. The summed E-state index contributed by atoms with van der Waals surface area (Å²) in [7, 11) is 0. The second kappa shape index (κ2) is 19.5. The van der Waals surface area contributed by atoms with Crippen LogP contribution in [0.2, 0.25) is 0 Å². The van der Waals surface area contributed by atoms with Crippen molar-refractivity contribution in [3.8, 4) is 0 Å². The van der Waals surface area contributed by atoms with Crippen LogP contribution in [-0.4, -0.2) is 28.5 Å². The predicted molar refractivity (Wildman–Crippen MR) is 290 cm³/mol. The zero-order chi connectivity index (χ0) is 47.4. The standard InChI is InChI=1S/C59H49N5O3.C2H6/c1-5-18-42-45-28-29-51-57(38(3)19-10-9-17-32-63(51)59-62-48-22-15-16-25-56(48)67-59)58(45)64(50(42)6-2)37-61-49(40-27-31-55-47(35-40)44-21-12-8-14-24-53(44)66-55)36-41(60-4)33-39-26-30-54-46(34-39)43-20-11-7-13-23-52(43)65-54;1-2/h5-20,22,24-31,34-36,38H,2,4,21,23,32-33,37H2,1,3H3;1-2H3/b17-9-,18-5-,19-10-,41-36-,61-49+;. The molecule has 11 rings (SSSR count). The average molecular weight is 906 g/mol. The van der Waals surface area contributed by atoms with Gasteiger partial charge in [0.05, 0.1) is 22.6 Å². The molecule has 5 heterocycles. The molecule has 2 aliphatic carbocycles. The molecule has 0 N–H and O–H groups in total. The lowest BCUT2D eigenvalue weighted by molar-refractivity contribution is 0.564. The molecule has 8 heteroatoms. The molecule has 1 unspecified atom stereocenters. The minimum absolute atomic E-state index is 0.00849. The van der Waals surface area contributed by atoms with Gasteiger partial charge < -0.3 is 17.8 Å². The summed E-state index contributed by atoms with van der Waals surface area (Å²) in [5, 5.41) is 3.26. The number of aliphatic imine (C=N–C) groups is 2. The monoisotopic (exact) mass is 905 g/mol. The van der Waals surface area contributed by atoms with E-state index in [9.17, 15) is 0 Å². The molecule has 4 aromatic heterocycles. The van der Waals surface area contributed by atoms with Gasteiger partial charge in [-0.25, -0.2) is 0 Å². The number of oxazole rings is 1. The van der Waals surface area contributed by atoms with Crippen molar-refractivity contribution in [2.24, 2.45) is 9.98 Å². The van der Waals surface area contributed by atoms with Crippen molar-refractivity contribution in [2.75, 3.05) is 11.4 Å². The molecular weight excluding hydrogens is 851 g/mol. The largest absolute Gasteiger partial charge is 0.460 e. The molecular formula is C61H55N5O3. The summed E-state index contributed by atoms with van der Waals surface area (Å²) in [6.45, 7) is 17.6. The molecule has 8 aromatic rings. The summed E-state index contributed by atoms with van der Waals surface area (Å²) in [5.74, 6) is 1.86. The molecule has 0 radical (unpaired) electrons. The number of furan rings is 2. The highest BCUT2D eigenvalue weighted by Gasteiger charge is 2.27. The highest BCUT2D eigenvalue weighted by atomic mass is 16.4. The first kappa shape index (κ1) is 44.6. The van der Waals surface area contributed by atoms with Crippen molar-refractivity contribution in [3.63, 3.8) is 0 Å². The predicted octanol–water partition coefficient (Wildman–Crippen LogP) is 15.9. The lowest BCUT2D eigenvalue weighted by Gasteiger charge is -2.25. The van der Waals surface area contributed by atoms with Gasteiger partial charge in [-0.15, -0.1) is 0 Å². The number of anilines is 2. The zero-order valence-corrected chi connectivity index (χ0v) is 39.7. The van der Waals surface area contributed by atoms with Crippen LogP contribution in [-0.2, 0) is 25.9 Å². The molecule has 0 amide bonds. The average Bonchev–Trinajstić information content (AvgIpc) is 4.05. The van der Waals surface area contributed by atoms with E-state index in [4.69, 9.17) is 23.2 Å². The highest BCUT2D eigenvalue weighted by molar-refractivity contribution is 6.11. The topological polar surface area (TPSA) is 85.2 Å². The van der Waals surface area contributed by atoms with E-state index in [-0.39, 0.29) is 5.92 Å². The lowest BCUT2D eigenvalue weighted by atomic mass is 9.94. The third-order valence-electron chi connectivity index (χ3n) is 12.9. The van der Waals surface area contributed by atoms with Crippen molar-refractivity contribution in [3.05, 3.63) is 209 Å². The van der Waals surface area contributed by atoms with Crippen LogP contribution >= 0.6 is 0 Å². The van der Waals surface area contributed by atoms with E-state index in [0.29, 0.717) is 25.6 Å².